The molecule has 0 unspecified atom stereocenters. The zero-order chi connectivity index (χ0) is 13.5. The molecule has 0 aliphatic rings. The van der Waals surface area contributed by atoms with Gasteiger partial charge in [-0.1, -0.05) is 30.3 Å². The predicted molar refractivity (Wildman–Crippen MR) is 74.0 cm³/mol. The van der Waals surface area contributed by atoms with E-state index in [1.807, 2.05) is 31.2 Å². The third-order valence-electron chi connectivity index (χ3n) is 2.76. The molecular weight excluding hydrogens is 240 g/mol. The first-order chi connectivity index (χ1) is 9.29. The van der Waals surface area contributed by atoms with Gasteiger partial charge in [0.05, 0.1) is 5.69 Å². The second-order valence-corrected chi connectivity index (χ2v) is 4.51. The van der Waals surface area contributed by atoms with Gasteiger partial charge in [-0.2, -0.15) is 0 Å². The van der Waals surface area contributed by atoms with Crippen molar-refractivity contribution in [2.45, 2.75) is 33.4 Å². The molecule has 1 aromatic heterocycles. The van der Waals surface area contributed by atoms with E-state index in [1.165, 1.54) is 0 Å². The number of hydrogen-bond acceptors (Lipinski definition) is 4. The van der Waals surface area contributed by atoms with Crippen molar-refractivity contribution in [3.63, 3.8) is 0 Å². The van der Waals surface area contributed by atoms with Crippen molar-refractivity contribution >= 4 is 0 Å². The summed E-state index contributed by atoms with van der Waals surface area (Å²) >= 11 is 0. The van der Waals surface area contributed by atoms with Gasteiger partial charge in [0, 0.05) is 18.2 Å². The van der Waals surface area contributed by atoms with Gasteiger partial charge in [0.1, 0.15) is 12.4 Å². The summed E-state index contributed by atoms with van der Waals surface area (Å²) in [5.41, 5.74) is 2.03. The lowest BCUT2D eigenvalue weighted by Crippen LogP contribution is -2.14. The molecule has 0 saturated heterocycles. The van der Waals surface area contributed by atoms with Crippen molar-refractivity contribution in [2.75, 3.05) is 6.54 Å². The number of ether oxygens (including phenoxy) is 1. The third-order valence-corrected chi connectivity index (χ3v) is 2.76. The van der Waals surface area contributed by atoms with Crippen LogP contribution in [0.1, 0.15) is 30.4 Å². The molecule has 0 atom stereocenters. The number of aromatic nitrogens is 1. The lowest BCUT2D eigenvalue weighted by Gasteiger charge is -2.10. The Kier molecular flexibility index (Phi) is 4.98. The summed E-state index contributed by atoms with van der Waals surface area (Å²) in [6.07, 6.45) is 1.13. The number of para-hydroxylation sites is 1. The number of nitrogens with zero attached hydrogens (tertiary/aromatic N) is 1. The summed E-state index contributed by atoms with van der Waals surface area (Å²) in [6, 6.07) is 9.94. The van der Waals surface area contributed by atoms with E-state index in [0.29, 0.717) is 6.61 Å². The number of benzene rings is 1. The summed E-state index contributed by atoms with van der Waals surface area (Å²) in [4.78, 5) is 0. The Hall–Kier alpha value is -1.81. The van der Waals surface area contributed by atoms with Crippen LogP contribution in [0.2, 0.25) is 0 Å². The molecule has 19 heavy (non-hydrogen) atoms. The first kappa shape index (κ1) is 13.6. The van der Waals surface area contributed by atoms with Crippen LogP contribution in [0, 0.1) is 6.92 Å². The van der Waals surface area contributed by atoms with Crippen LogP contribution in [0.25, 0.3) is 0 Å². The topological polar surface area (TPSA) is 47.3 Å². The minimum atomic E-state index is 0.408. The molecule has 0 saturated carbocycles. The quantitative estimate of drug-likeness (QED) is 0.777. The minimum Gasteiger partial charge on any atom is -0.485 e. The van der Waals surface area contributed by atoms with Gasteiger partial charge in [0.25, 0.3) is 0 Å². The van der Waals surface area contributed by atoms with Gasteiger partial charge in [-0.3, -0.25) is 0 Å². The van der Waals surface area contributed by atoms with Gasteiger partial charge in [0.15, 0.2) is 5.76 Å². The molecule has 1 N–H and O–H groups in total. The maximum atomic E-state index is 5.79. The monoisotopic (exact) mass is 260 g/mol. The van der Waals surface area contributed by atoms with Crippen LogP contribution in [0.3, 0.4) is 0 Å². The van der Waals surface area contributed by atoms with Gasteiger partial charge in [-0.05, 0) is 26.0 Å². The average molecular weight is 260 g/mol. The van der Waals surface area contributed by atoms with Crippen LogP contribution < -0.4 is 10.1 Å². The molecule has 0 spiro atoms. The number of aryl methyl sites for hydroxylation is 1. The molecule has 4 nitrogen and oxygen atoms in total. The van der Waals surface area contributed by atoms with Crippen LogP contribution in [0.15, 0.2) is 34.9 Å². The normalized spacial score (nSPS) is 10.6. The smallest absolute Gasteiger partial charge is 0.174 e. The third kappa shape index (κ3) is 4.10. The number of rotatable bonds is 7. The molecule has 0 radical (unpaired) electrons. The van der Waals surface area contributed by atoms with E-state index < -0.39 is 0 Å². The van der Waals surface area contributed by atoms with Gasteiger partial charge in [0.2, 0.25) is 0 Å². The fourth-order valence-corrected chi connectivity index (χ4v) is 1.82. The standard InChI is InChI=1S/C15H20N2O2/c1-3-8-16-10-13-6-4-5-7-15(13)18-11-14-9-12(2)17-19-14/h4-7,9,16H,3,8,10-11H2,1-2H3. The molecule has 0 amide bonds. The largest absolute Gasteiger partial charge is 0.485 e. The maximum Gasteiger partial charge on any atom is 0.174 e. The first-order valence-electron chi connectivity index (χ1n) is 6.63. The van der Waals surface area contributed by atoms with Gasteiger partial charge in [-0.25, -0.2) is 0 Å². The van der Waals surface area contributed by atoms with E-state index in [1.54, 1.807) is 0 Å². The second-order valence-electron chi connectivity index (χ2n) is 4.51. The van der Waals surface area contributed by atoms with Gasteiger partial charge in [-0.15, -0.1) is 0 Å². The molecule has 102 valence electrons. The van der Waals surface area contributed by atoms with Gasteiger partial charge >= 0.3 is 0 Å². The van der Waals surface area contributed by atoms with Crippen molar-refractivity contribution in [3.8, 4) is 5.75 Å². The lowest BCUT2D eigenvalue weighted by molar-refractivity contribution is 0.246. The lowest BCUT2D eigenvalue weighted by atomic mass is 10.2. The van der Waals surface area contributed by atoms with Crippen LogP contribution in [-0.4, -0.2) is 11.7 Å². The van der Waals surface area contributed by atoms with E-state index in [-0.39, 0.29) is 0 Å². The Balaban J connectivity index is 1.95. The molecule has 0 aliphatic heterocycles. The van der Waals surface area contributed by atoms with E-state index >= 15 is 0 Å². The molecule has 0 fully saturated rings. The van der Waals surface area contributed by atoms with Crippen molar-refractivity contribution < 1.29 is 9.26 Å². The Morgan fingerprint density at radius 3 is 2.89 bits per heavy atom. The number of nitrogens with one attached hydrogen (secondary N) is 1. The Morgan fingerprint density at radius 2 is 2.16 bits per heavy atom. The molecule has 2 aromatic rings. The summed E-state index contributed by atoms with van der Waals surface area (Å²) in [5.74, 6) is 1.63. The molecule has 2 rings (SSSR count). The molecule has 0 aliphatic carbocycles. The van der Waals surface area contributed by atoms with Crippen molar-refractivity contribution in [2.24, 2.45) is 0 Å². The highest BCUT2D eigenvalue weighted by Crippen LogP contribution is 2.19. The molecule has 1 aromatic carbocycles. The molecule has 0 bridgehead atoms. The SMILES string of the molecule is CCCNCc1ccccc1OCc1cc(C)no1. The predicted octanol–water partition coefficient (Wildman–Crippen LogP) is 3.06. The van der Waals surface area contributed by atoms with Crippen LogP contribution in [-0.2, 0) is 13.2 Å². The summed E-state index contributed by atoms with van der Waals surface area (Å²) in [5, 5.41) is 7.22. The van der Waals surface area contributed by atoms with E-state index in [4.69, 9.17) is 9.26 Å². The highest BCUT2D eigenvalue weighted by molar-refractivity contribution is 5.33. The van der Waals surface area contributed by atoms with Crippen molar-refractivity contribution in [3.05, 3.63) is 47.3 Å². The second kappa shape index (κ2) is 6.95. The molecule has 1 heterocycles. The van der Waals surface area contributed by atoms with Gasteiger partial charge < -0.3 is 14.6 Å². The van der Waals surface area contributed by atoms with E-state index in [9.17, 15) is 0 Å². The van der Waals surface area contributed by atoms with Crippen LogP contribution >= 0.6 is 0 Å². The highest BCUT2D eigenvalue weighted by atomic mass is 16.5. The van der Waals surface area contributed by atoms with Crippen LogP contribution in [0.4, 0.5) is 0 Å². The first-order valence-corrected chi connectivity index (χ1v) is 6.63. The fourth-order valence-electron chi connectivity index (χ4n) is 1.82. The Morgan fingerprint density at radius 1 is 1.32 bits per heavy atom. The summed E-state index contributed by atoms with van der Waals surface area (Å²) in [6.45, 7) is 6.29. The molecular formula is C15H20N2O2. The van der Waals surface area contributed by atoms with Crippen molar-refractivity contribution in [1.29, 1.82) is 0 Å². The summed E-state index contributed by atoms with van der Waals surface area (Å²) < 4.78 is 10.9. The van der Waals surface area contributed by atoms with E-state index in [0.717, 1.165) is 42.3 Å². The fraction of sp³-hybridized carbons (Fsp3) is 0.400. The Bertz CT molecular complexity index is 508. The van der Waals surface area contributed by atoms with Crippen LogP contribution in [0.5, 0.6) is 5.75 Å². The Labute approximate surface area is 113 Å². The zero-order valence-electron chi connectivity index (χ0n) is 11.5. The average Bonchev–Trinajstić information content (AvgIpc) is 2.84. The maximum absolute atomic E-state index is 5.79. The molecule has 4 heteroatoms. The minimum absolute atomic E-state index is 0.408. The van der Waals surface area contributed by atoms with E-state index in [2.05, 4.69) is 23.5 Å². The number of hydrogen-bond donors (Lipinski definition) is 1. The van der Waals surface area contributed by atoms with Crippen molar-refractivity contribution in [1.82, 2.24) is 10.5 Å². The zero-order valence-corrected chi connectivity index (χ0v) is 11.5. The summed E-state index contributed by atoms with van der Waals surface area (Å²) in [7, 11) is 0. The highest BCUT2D eigenvalue weighted by Gasteiger charge is 2.05.